The summed E-state index contributed by atoms with van der Waals surface area (Å²) in [6.45, 7) is 6.87. The largest absolute Gasteiger partial charge is 0.491 e. The quantitative estimate of drug-likeness (QED) is 0.597. The molecule has 0 atom stereocenters. The summed E-state index contributed by atoms with van der Waals surface area (Å²) in [5, 5.41) is 0. The number of hydrogen-bond acceptors (Lipinski definition) is 4. The number of ether oxygens (including phenoxy) is 2. The number of aryl methyl sites for hydroxylation is 2. The molecule has 0 aliphatic rings. The van der Waals surface area contributed by atoms with Crippen molar-refractivity contribution >= 4 is 19.7 Å². The second kappa shape index (κ2) is 6.41. The summed E-state index contributed by atoms with van der Waals surface area (Å²) in [4.78, 5) is 0.154. The normalized spacial score (nSPS) is 11.6. The fourth-order valence-electron chi connectivity index (χ4n) is 1.74. The van der Waals surface area contributed by atoms with E-state index in [-0.39, 0.29) is 4.90 Å². The summed E-state index contributed by atoms with van der Waals surface area (Å²) < 4.78 is 33.4. The molecule has 0 saturated carbocycles. The van der Waals surface area contributed by atoms with Crippen molar-refractivity contribution in [3.63, 3.8) is 0 Å². The molecule has 0 fully saturated rings. The van der Waals surface area contributed by atoms with Crippen LogP contribution in [0.5, 0.6) is 5.75 Å². The zero-order valence-corrected chi connectivity index (χ0v) is 12.3. The predicted octanol–water partition coefficient (Wildman–Crippen LogP) is 2.65. The molecule has 102 valence electrons. The molecular formula is C12H17ClO4S. The van der Waals surface area contributed by atoms with Gasteiger partial charge in [0.05, 0.1) is 11.5 Å². The first-order chi connectivity index (χ1) is 8.36. The summed E-state index contributed by atoms with van der Waals surface area (Å²) in [7, 11) is 1.66. The van der Waals surface area contributed by atoms with E-state index in [4.69, 9.17) is 20.2 Å². The van der Waals surface area contributed by atoms with Gasteiger partial charge in [-0.3, -0.25) is 0 Å². The number of benzene rings is 1. The molecular weight excluding hydrogens is 276 g/mol. The Hall–Kier alpha value is -0.780. The van der Waals surface area contributed by atoms with Gasteiger partial charge in [0.25, 0.3) is 9.05 Å². The van der Waals surface area contributed by atoms with Crippen LogP contribution in [0.25, 0.3) is 0 Å². The summed E-state index contributed by atoms with van der Waals surface area (Å²) in [5.74, 6) is 0.619. The molecule has 0 radical (unpaired) electrons. The zero-order valence-electron chi connectivity index (χ0n) is 10.7. The topological polar surface area (TPSA) is 52.6 Å². The van der Waals surface area contributed by atoms with Crippen molar-refractivity contribution in [3.8, 4) is 5.75 Å². The average Bonchev–Trinajstić information content (AvgIpc) is 2.21. The molecule has 1 rings (SSSR count). The Bertz CT molecular complexity index is 488. The van der Waals surface area contributed by atoms with Crippen molar-refractivity contribution < 1.29 is 17.9 Å². The van der Waals surface area contributed by atoms with Crippen LogP contribution in [-0.4, -0.2) is 28.2 Å². The Kier molecular flexibility index (Phi) is 5.44. The van der Waals surface area contributed by atoms with E-state index < -0.39 is 9.05 Å². The fourth-order valence-corrected chi connectivity index (χ4v) is 3.36. The first kappa shape index (κ1) is 15.3. The van der Waals surface area contributed by atoms with Gasteiger partial charge in [0.1, 0.15) is 12.4 Å². The summed E-state index contributed by atoms with van der Waals surface area (Å²) in [6, 6.07) is 3.32. The van der Waals surface area contributed by atoms with E-state index in [0.717, 1.165) is 0 Å². The van der Waals surface area contributed by atoms with E-state index in [1.165, 1.54) is 0 Å². The van der Waals surface area contributed by atoms with E-state index in [9.17, 15) is 8.42 Å². The van der Waals surface area contributed by atoms with Crippen molar-refractivity contribution in [2.45, 2.75) is 25.7 Å². The van der Waals surface area contributed by atoms with Crippen LogP contribution in [0, 0.1) is 13.8 Å². The summed E-state index contributed by atoms with van der Waals surface area (Å²) in [5.41, 5.74) is 1.16. The van der Waals surface area contributed by atoms with Gasteiger partial charge in [-0.05, 0) is 44.0 Å². The highest BCUT2D eigenvalue weighted by molar-refractivity contribution is 8.13. The zero-order chi connectivity index (χ0) is 13.8. The molecule has 1 aromatic rings. The standard InChI is InChI=1S/C12H17ClO4S/c1-4-16-5-6-17-11-7-9(2)12(10(3)8-11)18(13,14)15/h7-8H,4-6H2,1-3H3. The van der Waals surface area contributed by atoms with Gasteiger partial charge in [0.15, 0.2) is 0 Å². The first-order valence-corrected chi connectivity index (χ1v) is 7.93. The highest BCUT2D eigenvalue weighted by atomic mass is 35.7. The monoisotopic (exact) mass is 292 g/mol. The van der Waals surface area contributed by atoms with Crippen molar-refractivity contribution in [2.24, 2.45) is 0 Å². The molecule has 0 saturated heterocycles. The maximum absolute atomic E-state index is 11.4. The van der Waals surface area contributed by atoms with Gasteiger partial charge in [0.2, 0.25) is 0 Å². The van der Waals surface area contributed by atoms with Gasteiger partial charge in [-0.1, -0.05) is 0 Å². The lowest BCUT2D eigenvalue weighted by Crippen LogP contribution is -2.07. The van der Waals surface area contributed by atoms with Crippen molar-refractivity contribution in [3.05, 3.63) is 23.3 Å². The fraction of sp³-hybridized carbons (Fsp3) is 0.500. The Morgan fingerprint density at radius 2 is 1.72 bits per heavy atom. The van der Waals surface area contributed by atoms with E-state index in [2.05, 4.69) is 0 Å². The smallest absolute Gasteiger partial charge is 0.261 e. The molecule has 0 unspecified atom stereocenters. The van der Waals surface area contributed by atoms with Gasteiger partial charge >= 0.3 is 0 Å². The second-order valence-corrected chi connectivity index (χ2v) is 6.37. The molecule has 0 heterocycles. The van der Waals surface area contributed by atoms with E-state index in [1.54, 1.807) is 26.0 Å². The molecule has 0 aromatic heterocycles. The lowest BCUT2D eigenvalue weighted by molar-refractivity contribution is 0.110. The SMILES string of the molecule is CCOCCOc1cc(C)c(S(=O)(=O)Cl)c(C)c1. The van der Waals surface area contributed by atoms with Gasteiger partial charge in [-0.2, -0.15) is 0 Å². The van der Waals surface area contributed by atoms with Crippen LogP contribution in [0.2, 0.25) is 0 Å². The highest BCUT2D eigenvalue weighted by Crippen LogP contribution is 2.28. The van der Waals surface area contributed by atoms with Crippen LogP contribution in [0.4, 0.5) is 0 Å². The number of hydrogen-bond donors (Lipinski definition) is 0. The minimum atomic E-state index is -3.72. The molecule has 0 aliphatic heterocycles. The number of halogens is 1. The third kappa shape index (κ3) is 4.15. The van der Waals surface area contributed by atoms with Crippen LogP contribution < -0.4 is 4.74 Å². The number of rotatable bonds is 6. The molecule has 0 bridgehead atoms. The van der Waals surface area contributed by atoms with Crippen molar-refractivity contribution in [1.29, 1.82) is 0 Å². The third-order valence-electron chi connectivity index (χ3n) is 2.38. The molecule has 6 heteroatoms. The van der Waals surface area contributed by atoms with Crippen LogP contribution in [0.15, 0.2) is 17.0 Å². The Morgan fingerprint density at radius 1 is 1.17 bits per heavy atom. The van der Waals surface area contributed by atoms with E-state index in [0.29, 0.717) is 36.7 Å². The Labute approximate surface area is 112 Å². The Morgan fingerprint density at radius 3 is 2.17 bits per heavy atom. The lowest BCUT2D eigenvalue weighted by atomic mass is 10.1. The van der Waals surface area contributed by atoms with Gasteiger partial charge in [0, 0.05) is 17.3 Å². The maximum atomic E-state index is 11.4. The molecule has 0 spiro atoms. The summed E-state index contributed by atoms with van der Waals surface area (Å²) in [6.07, 6.45) is 0. The van der Waals surface area contributed by atoms with E-state index >= 15 is 0 Å². The molecule has 0 N–H and O–H groups in total. The van der Waals surface area contributed by atoms with Crippen LogP contribution >= 0.6 is 10.7 Å². The van der Waals surface area contributed by atoms with Crippen LogP contribution in [0.1, 0.15) is 18.1 Å². The highest BCUT2D eigenvalue weighted by Gasteiger charge is 2.17. The van der Waals surface area contributed by atoms with Crippen LogP contribution in [-0.2, 0) is 13.8 Å². The van der Waals surface area contributed by atoms with Crippen molar-refractivity contribution in [2.75, 3.05) is 19.8 Å². The lowest BCUT2D eigenvalue weighted by Gasteiger charge is -2.11. The van der Waals surface area contributed by atoms with Gasteiger partial charge < -0.3 is 9.47 Å². The molecule has 1 aromatic carbocycles. The first-order valence-electron chi connectivity index (χ1n) is 5.62. The molecule has 0 aliphatic carbocycles. The van der Waals surface area contributed by atoms with Crippen LogP contribution in [0.3, 0.4) is 0 Å². The molecule has 18 heavy (non-hydrogen) atoms. The minimum absolute atomic E-state index is 0.154. The Balaban J connectivity index is 2.87. The minimum Gasteiger partial charge on any atom is -0.491 e. The van der Waals surface area contributed by atoms with Crippen molar-refractivity contribution in [1.82, 2.24) is 0 Å². The molecule has 0 amide bonds. The third-order valence-corrected chi connectivity index (χ3v) is 3.97. The second-order valence-electron chi connectivity index (χ2n) is 3.87. The predicted molar refractivity (Wildman–Crippen MR) is 70.9 cm³/mol. The molecule has 4 nitrogen and oxygen atoms in total. The van der Waals surface area contributed by atoms with E-state index in [1.807, 2.05) is 6.92 Å². The average molecular weight is 293 g/mol. The summed E-state index contributed by atoms with van der Waals surface area (Å²) >= 11 is 0. The van der Waals surface area contributed by atoms with Gasteiger partial charge in [-0.25, -0.2) is 8.42 Å². The van der Waals surface area contributed by atoms with Gasteiger partial charge in [-0.15, -0.1) is 0 Å². The maximum Gasteiger partial charge on any atom is 0.261 e.